The van der Waals surface area contributed by atoms with Crippen LogP contribution < -0.4 is 21.3 Å². The number of phenols is 2. The van der Waals surface area contributed by atoms with E-state index in [1.54, 1.807) is 24.3 Å². The van der Waals surface area contributed by atoms with Gasteiger partial charge in [0.25, 0.3) is 0 Å². The van der Waals surface area contributed by atoms with E-state index >= 15 is 0 Å². The summed E-state index contributed by atoms with van der Waals surface area (Å²) in [6.07, 6.45) is 0. The predicted molar refractivity (Wildman–Crippen MR) is 148 cm³/mol. The van der Waals surface area contributed by atoms with Crippen molar-refractivity contribution >= 4 is 66.4 Å². The molecule has 0 amide bonds. The van der Waals surface area contributed by atoms with Crippen molar-refractivity contribution in [3.05, 3.63) is 71.8 Å². The molecule has 8 rings (SSSR count). The molecule has 0 fully saturated rings. The molecular weight excluding hydrogens is 464 g/mol. The fourth-order valence-electron chi connectivity index (χ4n) is 6.06. The summed E-state index contributed by atoms with van der Waals surface area (Å²) in [6, 6.07) is 18.6. The number of aromatic hydroxyl groups is 2. The summed E-state index contributed by atoms with van der Waals surface area (Å²) < 4.78 is 0. The highest BCUT2D eigenvalue weighted by Crippen LogP contribution is 2.45. The molecule has 0 unspecified atom stereocenters. The summed E-state index contributed by atoms with van der Waals surface area (Å²) >= 11 is 0. The van der Waals surface area contributed by atoms with Gasteiger partial charge in [-0.2, -0.15) is 0 Å². The average Bonchev–Trinajstić information content (AvgIpc) is 2.90. The summed E-state index contributed by atoms with van der Waals surface area (Å²) in [6.45, 7) is 2.15. The molecule has 4 aromatic carbocycles. The van der Waals surface area contributed by atoms with E-state index < -0.39 is 0 Å². The Bertz CT molecular complexity index is 1840. The van der Waals surface area contributed by atoms with Crippen LogP contribution in [0.5, 0.6) is 11.5 Å². The van der Waals surface area contributed by atoms with Crippen molar-refractivity contribution < 1.29 is 10.2 Å². The van der Waals surface area contributed by atoms with Gasteiger partial charge in [-0.15, -0.1) is 0 Å². The fraction of sp³-hybridized carbons (Fsp3) is 0.103. The Morgan fingerprint density at radius 2 is 1.05 bits per heavy atom. The maximum atomic E-state index is 9.96. The Balaban J connectivity index is 1.33. The number of benzene rings is 4. The van der Waals surface area contributed by atoms with Crippen molar-refractivity contribution in [1.29, 1.82) is 0 Å². The summed E-state index contributed by atoms with van der Waals surface area (Å²) in [5.74, 6) is 0.348. The lowest BCUT2D eigenvalue weighted by Gasteiger charge is -2.45. The van der Waals surface area contributed by atoms with E-state index in [0.717, 1.165) is 72.8 Å². The molecule has 6 aromatic rings. The second kappa shape index (κ2) is 6.82. The van der Waals surface area contributed by atoms with Gasteiger partial charge < -0.3 is 31.5 Å². The summed E-state index contributed by atoms with van der Waals surface area (Å²) in [5, 5.41) is 23.2. The molecule has 0 aliphatic carbocycles. The summed E-state index contributed by atoms with van der Waals surface area (Å²) in [5.41, 5.74) is 22.2. The van der Waals surface area contributed by atoms with Gasteiger partial charge in [0.1, 0.15) is 11.5 Å². The Labute approximate surface area is 211 Å². The standard InChI is InChI=1S/C29H22N6O2/c30-26-16-3-7-24-20(28(16)32-22-5-1-14(36)9-18(22)26)11-34-13-35(24)12-21-25(34)8-4-17-27(31)19-10-15(37)2-6-23(19)33-29(17)21/h1-10,36-37H,11-13H2,(H2,30,32)(H2,31,33). The first-order valence-electron chi connectivity index (χ1n) is 12.1. The Hall–Kier alpha value is -4.98. The van der Waals surface area contributed by atoms with Crippen LogP contribution in [0.2, 0.25) is 0 Å². The van der Waals surface area contributed by atoms with Crippen LogP contribution in [0, 0.1) is 0 Å². The van der Waals surface area contributed by atoms with E-state index in [-0.39, 0.29) is 11.5 Å². The van der Waals surface area contributed by atoms with Gasteiger partial charge in [0.05, 0.1) is 40.1 Å². The molecule has 0 radical (unpaired) electrons. The van der Waals surface area contributed by atoms with Gasteiger partial charge in [-0.1, -0.05) is 0 Å². The number of hydrogen-bond donors (Lipinski definition) is 4. The quantitative estimate of drug-likeness (QED) is 0.222. The molecular formula is C29H22N6O2. The zero-order chi connectivity index (χ0) is 25.0. The molecule has 0 saturated carbocycles. The van der Waals surface area contributed by atoms with Crippen LogP contribution in [0.4, 0.5) is 22.7 Å². The topological polar surface area (TPSA) is 125 Å². The van der Waals surface area contributed by atoms with Gasteiger partial charge in [0, 0.05) is 57.1 Å². The smallest absolute Gasteiger partial charge is 0.116 e. The van der Waals surface area contributed by atoms with Crippen LogP contribution in [0.15, 0.2) is 60.7 Å². The van der Waals surface area contributed by atoms with Crippen molar-refractivity contribution in [2.45, 2.75) is 13.1 Å². The van der Waals surface area contributed by atoms with E-state index in [0.29, 0.717) is 24.5 Å². The van der Waals surface area contributed by atoms with E-state index in [9.17, 15) is 10.2 Å². The average molecular weight is 487 g/mol. The van der Waals surface area contributed by atoms with Crippen LogP contribution in [-0.2, 0) is 13.1 Å². The minimum atomic E-state index is 0.174. The van der Waals surface area contributed by atoms with Gasteiger partial charge in [0.2, 0.25) is 0 Å². The number of pyridine rings is 2. The van der Waals surface area contributed by atoms with Crippen molar-refractivity contribution in [1.82, 2.24) is 9.97 Å². The van der Waals surface area contributed by atoms with Crippen molar-refractivity contribution in [3.63, 3.8) is 0 Å². The Morgan fingerprint density at radius 1 is 0.595 bits per heavy atom. The highest BCUT2D eigenvalue weighted by Gasteiger charge is 2.32. The molecule has 8 heteroatoms. The SMILES string of the molecule is Nc1c2cc(O)ccc2nc2c3c(ccc12)N1Cc2c(ccc4c(N)c5cc(O)ccc5nc24)N(C3)C1. The van der Waals surface area contributed by atoms with E-state index in [2.05, 4.69) is 21.9 Å². The number of anilines is 4. The third-order valence-corrected chi connectivity index (χ3v) is 7.82. The summed E-state index contributed by atoms with van der Waals surface area (Å²) in [7, 11) is 0. The maximum absolute atomic E-state index is 9.96. The van der Waals surface area contributed by atoms with Crippen LogP contribution in [0.25, 0.3) is 43.6 Å². The van der Waals surface area contributed by atoms with Crippen LogP contribution in [0.3, 0.4) is 0 Å². The Kier molecular flexibility index (Phi) is 3.73. The molecule has 4 heterocycles. The second-order valence-electron chi connectivity index (χ2n) is 9.91. The molecule has 2 aliphatic rings. The first-order chi connectivity index (χ1) is 18.0. The monoisotopic (exact) mass is 486 g/mol. The lowest BCUT2D eigenvalue weighted by atomic mass is 9.95. The van der Waals surface area contributed by atoms with E-state index in [1.807, 2.05) is 24.3 Å². The molecule has 6 N–H and O–H groups in total. The zero-order valence-electron chi connectivity index (χ0n) is 19.7. The van der Waals surface area contributed by atoms with E-state index in [4.69, 9.17) is 21.4 Å². The molecule has 2 bridgehead atoms. The Morgan fingerprint density at radius 3 is 1.51 bits per heavy atom. The number of nitrogens with two attached hydrogens (primary N) is 2. The lowest BCUT2D eigenvalue weighted by molar-refractivity contribution is 0.475. The van der Waals surface area contributed by atoms with Crippen molar-refractivity contribution in [2.24, 2.45) is 0 Å². The highest BCUT2D eigenvalue weighted by atomic mass is 16.3. The van der Waals surface area contributed by atoms with E-state index in [1.165, 1.54) is 0 Å². The third kappa shape index (κ3) is 2.66. The summed E-state index contributed by atoms with van der Waals surface area (Å²) in [4.78, 5) is 14.7. The molecule has 0 saturated heterocycles. The van der Waals surface area contributed by atoms with Crippen molar-refractivity contribution in [3.8, 4) is 11.5 Å². The molecule has 0 spiro atoms. The normalized spacial score (nSPS) is 14.5. The largest absolute Gasteiger partial charge is 0.508 e. The van der Waals surface area contributed by atoms with Crippen LogP contribution in [-0.4, -0.2) is 26.8 Å². The number of hydrogen-bond acceptors (Lipinski definition) is 8. The highest BCUT2D eigenvalue weighted by molar-refractivity contribution is 6.10. The maximum Gasteiger partial charge on any atom is 0.116 e. The molecule has 0 atom stereocenters. The first-order valence-corrected chi connectivity index (χ1v) is 12.1. The van der Waals surface area contributed by atoms with Crippen molar-refractivity contribution in [2.75, 3.05) is 27.9 Å². The van der Waals surface area contributed by atoms with Crippen LogP contribution in [0.1, 0.15) is 11.1 Å². The van der Waals surface area contributed by atoms with Crippen LogP contribution >= 0.6 is 0 Å². The third-order valence-electron chi connectivity index (χ3n) is 7.82. The number of nitrogen functional groups attached to an aromatic ring is 2. The fourth-order valence-corrected chi connectivity index (χ4v) is 6.06. The van der Waals surface area contributed by atoms with Gasteiger partial charge in [-0.3, -0.25) is 0 Å². The lowest BCUT2D eigenvalue weighted by Crippen LogP contribution is -2.46. The first kappa shape index (κ1) is 20.2. The molecule has 2 aromatic heterocycles. The second-order valence-corrected chi connectivity index (χ2v) is 9.91. The van der Waals surface area contributed by atoms with Gasteiger partial charge >= 0.3 is 0 Å². The molecule has 8 nitrogen and oxygen atoms in total. The molecule has 37 heavy (non-hydrogen) atoms. The number of aromatic nitrogens is 2. The minimum Gasteiger partial charge on any atom is -0.508 e. The predicted octanol–water partition coefficient (Wildman–Crippen LogP) is 4.96. The van der Waals surface area contributed by atoms with Gasteiger partial charge in [-0.25, -0.2) is 9.97 Å². The zero-order valence-corrected chi connectivity index (χ0v) is 19.7. The number of phenolic OH excluding ortho intramolecular Hbond substituents is 2. The number of rotatable bonds is 0. The molecule has 180 valence electrons. The number of fused-ring (bicyclic) bond motifs is 12. The minimum absolute atomic E-state index is 0.174. The molecule has 2 aliphatic heterocycles. The van der Waals surface area contributed by atoms with Gasteiger partial charge in [-0.05, 0) is 60.7 Å². The van der Waals surface area contributed by atoms with Gasteiger partial charge in [0.15, 0.2) is 0 Å². The number of nitrogens with zero attached hydrogens (tertiary/aromatic N) is 4.